The second-order valence-electron chi connectivity index (χ2n) is 4.76. The van der Waals surface area contributed by atoms with Gasteiger partial charge in [-0.15, -0.1) is 0 Å². The van der Waals surface area contributed by atoms with Crippen molar-refractivity contribution in [3.05, 3.63) is 24.3 Å². The lowest BCUT2D eigenvalue weighted by atomic mass is 10.3. The number of pyridine rings is 1. The van der Waals surface area contributed by atoms with Crippen LogP contribution >= 0.6 is 0 Å². The van der Waals surface area contributed by atoms with E-state index >= 15 is 0 Å². The minimum atomic E-state index is -3.67. The zero-order chi connectivity index (χ0) is 14.6. The largest absolute Gasteiger partial charge is 0.314 e. The maximum atomic E-state index is 13.1. The molecular formula is C12H19FN4O2S. The Morgan fingerprint density at radius 3 is 2.75 bits per heavy atom. The molecule has 112 valence electrons. The van der Waals surface area contributed by atoms with Gasteiger partial charge in [0.15, 0.2) is 0 Å². The van der Waals surface area contributed by atoms with E-state index in [1.165, 1.54) is 17.5 Å². The molecule has 6 nitrogen and oxygen atoms in total. The summed E-state index contributed by atoms with van der Waals surface area (Å²) >= 11 is 0. The molecule has 2 rings (SSSR count). The summed E-state index contributed by atoms with van der Waals surface area (Å²) in [4.78, 5) is 5.67. The van der Waals surface area contributed by atoms with E-state index in [1.54, 1.807) is 0 Å². The molecule has 0 aliphatic carbocycles. The molecule has 1 N–H and O–H groups in total. The van der Waals surface area contributed by atoms with Gasteiger partial charge in [0.1, 0.15) is 10.7 Å². The standard InChI is InChI=1S/C12H19FN4O2S/c1-16(6-7-17-4-2-14-3-5-17)20(18,19)12-8-11(13)9-15-10-12/h8-10,14H,2-7H2,1H3. The van der Waals surface area contributed by atoms with Crippen molar-refractivity contribution in [1.29, 1.82) is 0 Å². The highest BCUT2D eigenvalue weighted by Crippen LogP contribution is 2.13. The number of halogens is 1. The Labute approximate surface area is 118 Å². The summed E-state index contributed by atoms with van der Waals surface area (Å²) in [6, 6.07) is 0.990. The minimum Gasteiger partial charge on any atom is -0.314 e. The number of piperazine rings is 1. The summed E-state index contributed by atoms with van der Waals surface area (Å²) in [7, 11) is -2.17. The van der Waals surface area contributed by atoms with Crippen LogP contribution in [0.2, 0.25) is 0 Å². The molecule has 1 aliphatic rings. The van der Waals surface area contributed by atoms with Gasteiger partial charge in [-0.25, -0.2) is 12.8 Å². The van der Waals surface area contributed by atoms with Crippen LogP contribution in [0.1, 0.15) is 0 Å². The molecule has 0 amide bonds. The molecule has 0 atom stereocenters. The van der Waals surface area contributed by atoms with Crippen LogP contribution in [0.4, 0.5) is 4.39 Å². The normalized spacial score (nSPS) is 17.6. The second kappa shape index (κ2) is 6.57. The van der Waals surface area contributed by atoms with E-state index in [4.69, 9.17) is 0 Å². The van der Waals surface area contributed by atoms with Crippen LogP contribution in [-0.4, -0.2) is 68.9 Å². The van der Waals surface area contributed by atoms with Crippen molar-refractivity contribution >= 4 is 10.0 Å². The van der Waals surface area contributed by atoms with Gasteiger partial charge in [-0.1, -0.05) is 0 Å². The highest BCUT2D eigenvalue weighted by molar-refractivity contribution is 7.89. The summed E-state index contributed by atoms with van der Waals surface area (Å²) in [6.45, 7) is 4.71. The summed E-state index contributed by atoms with van der Waals surface area (Å²) < 4.78 is 38.8. The lowest BCUT2D eigenvalue weighted by Crippen LogP contribution is -2.46. The van der Waals surface area contributed by atoms with Gasteiger partial charge >= 0.3 is 0 Å². The number of nitrogens with one attached hydrogen (secondary N) is 1. The van der Waals surface area contributed by atoms with Crippen LogP contribution < -0.4 is 5.32 Å². The van der Waals surface area contributed by atoms with Gasteiger partial charge in [0.2, 0.25) is 10.0 Å². The Kier molecular flexibility index (Phi) is 5.03. The Balaban J connectivity index is 1.98. The van der Waals surface area contributed by atoms with Crippen LogP contribution in [0.3, 0.4) is 0 Å². The number of rotatable bonds is 5. The van der Waals surface area contributed by atoms with Crippen molar-refractivity contribution in [2.45, 2.75) is 4.90 Å². The number of aromatic nitrogens is 1. The Morgan fingerprint density at radius 2 is 2.10 bits per heavy atom. The number of hydrogen-bond donors (Lipinski definition) is 1. The van der Waals surface area contributed by atoms with Gasteiger partial charge in [-0.3, -0.25) is 9.88 Å². The lowest BCUT2D eigenvalue weighted by Gasteiger charge is -2.28. The summed E-state index contributed by atoms with van der Waals surface area (Å²) in [5, 5.41) is 3.24. The molecular weight excluding hydrogens is 283 g/mol. The van der Waals surface area contributed by atoms with Crippen LogP contribution in [0, 0.1) is 5.82 Å². The molecule has 2 heterocycles. The first-order valence-electron chi connectivity index (χ1n) is 6.50. The predicted octanol–water partition coefficient (Wildman–Crippen LogP) is -0.254. The molecule has 0 aromatic carbocycles. The highest BCUT2D eigenvalue weighted by atomic mass is 32.2. The Bertz CT molecular complexity index is 546. The van der Waals surface area contributed by atoms with E-state index < -0.39 is 15.8 Å². The molecule has 0 spiro atoms. The van der Waals surface area contributed by atoms with Crippen LogP contribution in [0.5, 0.6) is 0 Å². The van der Waals surface area contributed by atoms with E-state index in [9.17, 15) is 12.8 Å². The molecule has 0 bridgehead atoms. The van der Waals surface area contributed by atoms with E-state index in [0.717, 1.165) is 38.4 Å². The zero-order valence-electron chi connectivity index (χ0n) is 11.4. The van der Waals surface area contributed by atoms with E-state index in [2.05, 4.69) is 15.2 Å². The molecule has 1 aromatic rings. The zero-order valence-corrected chi connectivity index (χ0v) is 12.2. The van der Waals surface area contributed by atoms with E-state index in [-0.39, 0.29) is 4.90 Å². The van der Waals surface area contributed by atoms with Gasteiger partial charge in [0.25, 0.3) is 0 Å². The Hall–Kier alpha value is -1.09. The van der Waals surface area contributed by atoms with Crippen molar-refractivity contribution in [3.8, 4) is 0 Å². The maximum Gasteiger partial charge on any atom is 0.244 e. The molecule has 1 aliphatic heterocycles. The fraction of sp³-hybridized carbons (Fsp3) is 0.583. The van der Waals surface area contributed by atoms with Gasteiger partial charge in [0.05, 0.1) is 6.20 Å². The summed E-state index contributed by atoms with van der Waals surface area (Å²) in [6.07, 6.45) is 2.15. The van der Waals surface area contributed by atoms with Gasteiger partial charge in [0, 0.05) is 52.5 Å². The molecule has 1 fully saturated rings. The maximum absolute atomic E-state index is 13.1. The summed E-state index contributed by atoms with van der Waals surface area (Å²) in [5.74, 6) is -0.651. The number of nitrogens with zero attached hydrogens (tertiary/aromatic N) is 3. The molecule has 0 unspecified atom stereocenters. The quantitative estimate of drug-likeness (QED) is 0.812. The minimum absolute atomic E-state index is 0.111. The molecule has 0 saturated carbocycles. The monoisotopic (exact) mass is 302 g/mol. The fourth-order valence-corrected chi connectivity index (χ4v) is 3.19. The van der Waals surface area contributed by atoms with Gasteiger partial charge in [-0.2, -0.15) is 4.31 Å². The van der Waals surface area contributed by atoms with Crippen molar-refractivity contribution in [2.75, 3.05) is 46.3 Å². The van der Waals surface area contributed by atoms with Crippen LogP contribution in [-0.2, 0) is 10.0 Å². The third-order valence-electron chi connectivity index (χ3n) is 3.33. The van der Waals surface area contributed by atoms with Crippen molar-refractivity contribution in [3.63, 3.8) is 0 Å². The molecule has 1 aromatic heterocycles. The summed E-state index contributed by atoms with van der Waals surface area (Å²) in [5.41, 5.74) is 0. The first-order valence-corrected chi connectivity index (χ1v) is 7.94. The predicted molar refractivity (Wildman–Crippen MR) is 73.3 cm³/mol. The molecule has 1 saturated heterocycles. The van der Waals surface area contributed by atoms with Crippen molar-refractivity contribution < 1.29 is 12.8 Å². The van der Waals surface area contributed by atoms with E-state index in [1.807, 2.05) is 0 Å². The third-order valence-corrected chi connectivity index (χ3v) is 5.15. The van der Waals surface area contributed by atoms with E-state index in [0.29, 0.717) is 13.1 Å². The first kappa shape index (κ1) is 15.3. The Morgan fingerprint density at radius 1 is 1.40 bits per heavy atom. The topological polar surface area (TPSA) is 65.5 Å². The number of likely N-dealkylation sites (N-methyl/N-ethyl adjacent to an activating group) is 1. The van der Waals surface area contributed by atoms with Crippen LogP contribution in [0.15, 0.2) is 23.4 Å². The SMILES string of the molecule is CN(CCN1CCNCC1)S(=O)(=O)c1cncc(F)c1. The second-order valence-corrected chi connectivity index (χ2v) is 6.80. The third kappa shape index (κ3) is 3.72. The first-order chi connectivity index (χ1) is 9.50. The lowest BCUT2D eigenvalue weighted by molar-refractivity contribution is 0.229. The molecule has 0 radical (unpaired) electrons. The highest BCUT2D eigenvalue weighted by Gasteiger charge is 2.22. The van der Waals surface area contributed by atoms with Gasteiger partial charge < -0.3 is 5.32 Å². The smallest absolute Gasteiger partial charge is 0.244 e. The number of sulfonamides is 1. The average Bonchev–Trinajstić information content (AvgIpc) is 2.45. The van der Waals surface area contributed by atoms with Crippen LogP contribution in [0.25, 0.3) is 0 Å². The van der Waals surface area contributed by atoms with Crippen molar-refractivity contribution in [2.24, 2.45) is 0 Å². The van der Waals surface area contributed by atoms with Crippen molar-refractivity contribution in [1.82, 2.24) is 19.5 Å². The number of hydrogen-bond acceptors (Lipinski definition) is 5. The fourth-order valence-electron chi connectivity index (χ4n) is 2.05. The van der Waals surface area contributed by atoms with Gasteiger partial charge in [-0.05, 0) is 6.07 Å². The average molecular weight is 302 g/mol. The molecule has 8 heteroatoms. The molecule has 20 heavy (non-hydrogen) atoms.